The van der Waals surface area contributed by atoms with Crippen molar-refractivity contribution in [3.63, 3.8) is 0 Å². The zero-order valence-electron chi connectivity index (χ0n) is 7.18. The van der Waals surface area contributed by atoms with Crippen molar-refractivity contribution >= 4 is 0 Å². The normalized spacial score (nSPS) is 43.9. The lowest BCUT2D eigenvalue weighted by Crippen LogP contribution is -2.41. The van der Waals surface area contributed by atoms with Gasteiger partial charge in [-0.15, -0.1) is 0 Å². The Bertz CT molecular complexity index is 138. The van der Waals surface area contributed by atoms with E-state index in [1.165, 1.54) is 25.7 Å². The summed E-state index contributed by atoms with van der Waals surface area (Å²) < 4.78 is 5.65. The van der Waals surface area contributed by atoms with Crippen molar-refractivity contribution in [3.8, 4) is 0 Å². The van der Waals surface area contributed by atoms with Crippen LogP contribution in [0.3, 0.4) is 0 Å². The second-order valence-corrected chi connectivity index (χ2v) is 3.69. The van der Waals surface area contributed by atoms with Gasteiger partial charge in [0.25, 0.3) is 0 Å². The highest BCUT2D eigenvalue weighted by atomic mass is 16.5. The van der Waals surface area contributed by atoms with Crippen LogP contribution in [0, 0.1) is 5.92 Å². The van der Waals surface area contributed by atoms with Crippen LogP contribution < -0.4 is 5.32 Å². The zero-order valence-corrected chi connectivity index (χ0v) is 7.18. The summed E-state index contributed by atoms with van der Waals surface area (Å²) >= 11 is 0. The molecular weight excluding hydrogens is 138 g/mol. The van der Waals surface area contributed by atoms with E-state index in [1.807, 2.05) is 0 Å². The van der Waals surface area contributed by atoms with Crippen LogP contribution in [0.2, 0.25) is 0 Å². The first-order valence-electron chi connectivity index (χ1n) is 4.70. The van der Waals surface area contributed by atoms with Crippen LogP contribution in [0.25, 0.3) is 0 Å². The van der Waals surface area contributed by atoms with Gasteiger partial charge < -0.3 is 10.1 Å². The predicted octanol–water partition coefficient (Wildman–Crippen LogP) is 1.16. The van der Waals surface area contributed by atoms with Crippen LogP contribution >= 0.6 is 0 Å². The molecule has 64 valence electrons. The van der Waals surface area contributed by atoms with Crippen LogP contribution in [-0.4, -0.2) is 25.8 Å². The number of fused-ring (bicyclic) bond motifs is 1. The molecule has 1 saturated carbocycles. The molecule has 0 unspecified atom stereocenters. The molecule has 2 aliphatic rings. The molecule has 0 aromatic heterocycles. The minimum atomic E-state index is 0.584. The first kappa shape index (κ1) is 7.56. The molecule has 2 heteroatoms. The molecular formula is C9H17NO. The van der Waals surface area contributed by atoms with Gasteiger partial charge in [0.2, 0.25) is 0 Å². The van der Waals surface area contributed by atoms with E-state index in [9.17, 15) is 0 Å². The number of ether oxygens (including phenoxy) is 1. The SMILES string of the molecule is CN[C@@H]1CCC[C@H]2OCC[C@@H]12. The van der Waals surface area contributed by atoms with Crippen LogP contribution in [0.1, 0.15) is 25.7 Å². The molecule has 2 fully saturated rings. The molecule has 3 atom stereocenters. The van der Waals surface area contributed by atoms with Crippen molar-refractivity contribution in [2.24, 2.45) is 5.92 Å². The molecule has 11 heavy (non-hydrogen) atoms. The van der Waals surface area contributed by atoms with Gasteiger partial charge in [-0.3, -0.25) is 0 Å². The highest BCUT2D eigenvalue weighted by Crippen LogP contribution is 2.33. The molecule has 1 N–H and O–H groups in total. The number of nitrogens with one attached hydrogen (secondary N) is 1. The second-order valence-electron chi connectivity index (χ2n) is 3.69. The molecule has 0 aromatic carbocycles. The van der Waals surface area contributed by atoms with Gasteiger partial charge in [-0.25, -0.2) is 0 Å². The fourth-order valence-corrected chi connectivity index (χ4v) is 2.53. The van der Waals surface area contributed by atoms with Crippen LogP contribution in [-0.2, 0) is 4.74 Å². The third kappa shape index (κ3) is 1.30. The van der Waals surface area contributed by atoms with Crippen molar-refractivity contribution in [1.29, 1.82) is 0 Å². The quantitative estimate of drug-likeness (QED) is 0.613. The molecule has 1 aliphatic carbocycles. The highest BCUT2D eigenvalue weighted by Gasteiger charge is 2.36. The summed E-state index contributed by atoms with van der Waals surface area (Å²) in [6, 6.07) is 0.733. The summed E-state index contributed by atoms with van der Waals surface area (Å²) in [4.78, 5) is 0. The predicted molar refractivity (Wildman–Crippen MR) is 44.5 cm³/mol. The Morgan fingerprint density at radius 2 is 2.18 bits per heavy atom. The Balaban J connectivity index is 2.00. The summed E-state index contributed by atoms with van der Waals surface area (Å²) in [5.41, 5.74) is 0. The van der Waals surface area contributed by atoms with Gasteiger partial charge in [0.15, 0.2) is 0 Å². The molecule has 1 aliphatic heterocycles. The molecule has 0 radical (unpaired) electrons. The maximum Gasteiger partial charge on any atom is 0.0619 e. The van der Waals surface area contributed by atoms with E-state index in [2.05, 4.69) is 12.4 Å². The highest BCUT2D eigenvalue weighted by molar-refractivity contribution is 4.89. The Labute approximate surface area is 68.3 Å². The van der Waals surface area contributed by atoms with Gasteiger partial charge in [0.05, 0.1) is 6.10 Å². The minimum absolute atomic E-state index is 0.584. The Morgan fingerprint density at radius 1 is 1.27 bits per heavy atom. The maximum absolute atomic E-state index is 5.65. The fraction of sp³-hybridized carbons (Fsp3) is 1.00. The van der Waals surface area contributed by atoms with Crippen molar-refractivity contribution < 1.29 is 4.74 Å². The largest absolute Gasteiger partial charge is 0.378 e. The number of hydrogen-bond donors (Lipinski definition) is 1. The number of rotatable bonds is 1. The smallest absolute Gasteiger partial charge is 0.0619 e. The van der Waals surface area contributed by atoms with Gasteiger partial charge >= 0.3 is 0 Å². The minimum Gasteiger partial charge on any atom is -0.378 e. The summed E-state index contributed by atoms with van der Waals surface area (Å²) in [6.07, 6.45) is 5.84. The average Bonchev–Trinajstić information content (AvgIpc) is 2.50. The van der Waals surface area contributed by atoms with Crippen molar-refractivity contribution in [2.75, 3.05) is 13.7 Å². The van der Waals surface area contributed by atoms with Crippen LogP contribution in [0.15, 0.2) is 0 Å². The monoisotopic (exact) mass is 155 g/mol. The average molecular weight is 155 g/mol. The summed E-state index contributed by atoms with van der Waals surface area (Å²) in [5.74, 6) is 0.814. The van der Waals surface area contributed by atoms with Gasteiger partial charge in [-0.05, 0) is 32.7 Å². The van der Waals surface area contributed by atoms with Crippen LogP contribution in [0.5, 0.6) is 0 Å². The summed E-state index contributed by atoms with van der Waals surface area (Å²) in [6.45, 7) is 0.994. The van der Waals surface area contributed by atoms with Crippen LogP contribution in [0.4, 0.5) is 0 Å². The lowest BCUT2D eigenvalue weighted by molar-refractivity contribution is 0.0546. The molecule has 0 bridgehead atoms. The topological polar surface area (TPSA) is 21.3 Å². The molecule has 1 heterocycles. The maximum atomic E-state index is 5.65. The Kier molecular flexibility index (Phi) is 2.14. The van der Waals surface area contributed by atoms with Gasteiger partial charge in [-0.1, -0.05) is 0 Å². The first-order valence-corrected chi connectivity index (χ1v) is 4.70. The zero-order chi connectivity index (χ0) is 7.68. The van der Waals surface area contributed by atoms with Crippen molar-refractivity contribution in [3.05, 3.63) is 0 Å². The Morgan fingerprint density at radius 3 is 3.00 bits per heavy atom. The molecule has 2 rings (SSSR count). The van der Waals surface area contributed by atoms with E-state index in [-0.39, 0.29) is 0 Å². The number of hydrogen-bond acceptors (Lipinski definition) is 2. The molecule has 1 saturated heterocycles. The van der Waals surface area contributed by atoms with Crippen molar-refractivity contribution in [1.82, 2.24) is 5.32 Å². The second kappa shape index (κ2) is 3.11. The van der Waals surface area contributed by atoms with E-state index in [0.29, 0.717) is 6.10 Å². The van der Waals surface area contributed by atoms with E-state index in [0.717, 1.165) is 18.6 Å². The third-order valence-electron chi connectivity index (χ3n) is 3.15. The summed E-state index contributed by atoms with van der Waals surface area (Å²) in [5, 5.41) is 3.40. The molecule has 0 spiro atoms. The van der Waals surface area contributed by atoms with E-state index in [4.69, 9.17) is 4.74 Å². The standard InChI is InChI=1S/C9H17NO/c1-10-8-3-2-4-9-7(8)5-6-11-9/h7-10H,2-6H2,1H3/t7-,8+,9+/m0/s1. The van der Waals surface area contributed by atoms with Crippen molar-refractivity contribution in [2.45, 2.75) is 37.8 Å². The summed E-state index contributed by atoms with van der Waals surface area (Å²) in [7, 11) is 2.07. The lowest BCUT2D eigenvalue weighted by atomic mass is 9.82. The molecule has 0 amide bonds. The van der Waals surface area contributed by atoms with E-state index in [1.54, 1.807) is 0 Å². The first-order chi connectivity index (χ1) is 5.42. The van der Waals surface area contributed by atoms with Gasteiger partial charge in [-0.2, -0.15) is 0 Å². The van der Waals surface area contributed by atoms with E-state index >= 15 is 0 Å². The lowest BCUT2D eigenvalue weighted by Gasteiger charge is -2.32. The van der Waals surface area contributed by atoms with E-state index < -0.39 is 0 Å². The molecule has 0 aromatic rings. The van der Waals surface area contributed by atoms with Gasteiger partial charge in [0, 0.05) is 18.6 Å². The van der Waals surface area contributed by atoms with Gasteiger partial charge in [0.1, 0.15) is 0 Å². The Hall–Kier alpha value is -0.0800. The third-order valence-corrected chi connectivity index (χ3v) is 3.15. The fourth-order valence-electron chi connectivity index (χ4n) is 2.53. The molecule has 2 nitrogen and oxygen atoms in total.